The number of nitrogens with two attached hydrogens (primary N) is 1. The molecule has 0 saturated carbocycles. The lowest BCUT2D eigenvalue weighted by Crippen LogP contribution is -2.28. The molecule has 0 unspecified atom stereocenters. The van der Waals surface area contributed by atoms with Gasteiger partial charge in [-0.2, -0.15) is 0 Å². The molecule has 0 amide bonds. The second kappa shape index (κ2) is 8.59. The molecule has 1 aromatic carbocycles. The van der Waals surface area contributed by atoms with Crippen LogP contribution in [0.15, 0.2) is 23.4 Å². The van der Waals surface area contributed by atoms with Crippen molar-refractivity contribution in [3.63, 3.8) is 0 Å². The van der Waals surface area contributed by atoms with E-state index in [4.69, 9.17) is 10.9 Å². The van der Waals surface area contributed by atoms with E-state index in [-0.39, 0.29) is 5.84 Å². The van der Waals surface area contributed by atoms with E-state index in [0.29, 0.717) is 12.1 Å². The van der Waals surface area contributed by atoms with Gasteiger partial charge in [-0.1, -0.05) is 18.1 Å². The van der Waals surface area contributed by atoms with E-state index in [1.807, 2.05) is 14.1 Å². The molecule has 5 nitrogen and oxygen atoms in total. The van der Waals surface area contributed by atoms with Crippen LogP contribution in [0.5, 0.6) is 0 Å². The van der Waals surface area contributed by atoms with Gasteiger partial charge in [0.2, 0.25) is 0 Å². The molecule has 0 aromatic heterocycles. The number of rotatable bonds is 8. The van der Waals surface area contributed by atoms with Crippen LogP contribution in [0.1, 0.15) is 24.5 Å². The SMILES string of the molecule is CCN(CCCN(C)C)Cc1ccc(F)cc1/C(N)=N/O. The fraction of sp³-hybridized carbons (Fsp3) is 0.533. The van der Waals surface area contributed by atoms with Crippen molar-refractivity contribution < 1.29 is 9.60 Å². The molecule has 1 aromatic rings. The van der Waals surface area contributed by atoms with Crippen molar-refractivity contribution in [2.45, 2.75) is 19.9 Å². The molecule has 1 rings (SSSR count). The zero-order chi connectivity index (χ0) is 15.8. The van der Waals surface area contributed by atoms with Crippen LogP contribution in [0, 0.1) is 5.82 Å². The van der Waals surface area contributed by atoms with Crippen molar-refractivity contribution in [1.29, 1.82) is 0 Å². The van der Waals surface area contributed by atoms with E-state index in [1.165, 1.54) is 12.1 Å². The van der Waals surface area contributed by atoms with Crippen molar-refractivity contribution in [3.8, 4) is 0 Å². The second-order valence-electron chi connectivity index (χ2n) is 5.31. The molecule has 6 heteroatoms. The van der Waals surface area contributed by atoms with Gasteiger partial charge in [0.15, 0.2) is 5.84 Å². The van der Waals surface area contributed by atoms with Crippen LogP contribution in [0.3, 0.4) is 0 Å². The fourth-order valence-electron chi connectivity index (χ4n) is 2.18. The first-order chi connectivity index (χ1) is 9.97. The molecule has 0 bridgehead atoms. The summed E-state index contributed by atoms with van der Waals surface area (Å²) in [5.41, 5.74) is 6.94. The number of hydrogen-bond donors (Lipinski definition) is 2. The van der Waals surface area contributed by atoms with Crippen LogP contribution in [0.4, 0.5) is 4.39 Å². The summed E-state index contributed by atoms with van der Waals surface area (Å²) in [5.74, 6) is -0.454. The van der Waals surface area contributed by atoms with Gasteiger partial charge in [-0.15, -0.1) is 0 Å². The standard InChI is InChI=1S/C15H25FN4O/c1-4-20(9-5-8-19(2)3)11-12-6-7-13(16)10-14(12)15(17)18-21/h6-7,10,21H,4-5,8-9,11H2,1-3H3,(H2,17,18). The summed E-state index contributed by atoms with van der Waals surface area (Å²) in [6, 6.07) is 4.40. The number of halogens is 1. The Kier molecular flexibility index (Phi) is 7.11. The van der Waals surface area contributed by atoms with Crippen LogP contribution >= 0.6 is 0 Å². The van der Waals surface area contributed by atoms with Gasteiger partial charge in [-0.25, -0.2) is 4.39 Å². The van der Waals surface area contributed by atoms with Gasteiger partial charge in [-0.3, -0.25) is 4.90 Å². The Bertz CT molecular complexity index is 477. The predicted molar refractivity (Wildman–Crippen MR) is 83.0 cm³/mol. The zero-order valence-electron chi connectivity index (χ0n) is 13.0. The van der Waals surface area contributed by atoms with E-state index in [0.717, 1.165) is 31.6 Å². The second-order valence-corrected chi connectivity index (χ2v) is 5.31. The molecule has 0 aliphatic carbocycles. The normalized spacial score (nSPS) is 12.4. The minimum atomic E-state index is -0.393. The highest BCUT2D eigenvalue weighted by molar-refractivity contribution is 5.98. The maximum absolute atomic E-state index is 13.3. The number of hydrogen-bond acceptors (Lipinski definition) is 4. The molecule has 0 fully saturated rings. The topological polar surface area (TPSA) is 65.1 Å². The predicted octanol–water partition coefficient (Wildman–Crippen LogP) is 1.69. The van der Waals surface area contributed by atoms with Crippen LogP contribution in [-0.2, 0) is 6.54 Å². The quantitative estimate of drug-likeness (QED) is 0.332. The number of oxime groups is 1. The summed E-state index contributed by atoms with van der Waals surface area (Å²) in [6.45, 7) is 5.59. The summed E-state index contributed by atoms with van der Waals surface area (Å²) >= 11 is 0. The maximum Gasteiger partial charge on any atom is 0.170 e. The molecule has 0 spiro atoms. The first-order valence-electron chi connectivity index (χ1n) is 7.11. The Labute approximate surface area is 125 Å². The number of amidine groups is 1. The van der Waals surface area contributed by atoms with Gasteiger partial charge in [0, 0.05) is 12.1 Å². The summed E-state index contributed by atoms with van der Waals surface area (Å²) in [4.78, 5) is 4.40. The van der Waals surface area contributed by atoms with Crippen molar-refractivity contribution in [2.75, 3.05) is 33.7 Å². The summed E-state index contributed by atoms with van der Waals surface area (Å²) in [6.07, 6.45) is 1.06. The molecule has 0 aliphatic rings. The highest BCUT2D eigenvalue weighted by Gasteiger charge is 2.12. The third kappa shape index (κ3) is 5.69. The fourth-order valence-corrected chi connectivity index (χ4v) is 2.18. The van der Waals surface area contributed by atoms with Gasteiger partial charge in [0.05, 0.1) is 0 Å². The largest absolute Gasteiger partial charge is 0.409 e. The lowest BCUT2D eigenvalue weighted by molar-refractivity contribution is 0.259. The Morgan fingerprint density at radius 1 is 1.33 bits per heavy atom. The van der Waals surface area contributed by atoms with Crippen LogP contribution in [-0.4, -0.2) is 54.6 Å². The van der Waals surface area contributed by atoms with Crippen molar-refractivity contribution >= 4 is 5.84 Å². The van der Waals surface area contributed by atoms with Gasteiger partial charge in [-0.05, 0) is 57.8 Å². The highest BCUT2D eigenvalue weighted by Crippen LogP contribution is 2.14. The highest BCUT2D eigenvalue weighted by atomic mass is 19.1. The van der Waals surface area contributed by atoms with Crippen molar-refractivity contribution in [1.82, 2.24) is 9.80 Å². The van der Waals surface area contributed by atoms with E-state index in [1.54, 1.807) is 6.07 Å². The molecule has 0 heterocycles. The van der Waals surface area contributed by atoms with E-state index in [2.05, 4.69) is 21.9 Å². The average Bonchev–Trinajstić information content (AvgIpc) is 2.46. The molecule has 21 heavy (non-hydrogen) atoms. The molecule has 0 saturated heterocycles. The first-order valence-corrected chi connectivity index (χ1v) is 7.11. The minimum absolute atomic E-state index is 0.0613. The summed E-state index contributed by atoms with van der Waals surface area (Å²) < 4.78 is 13.3. The molecule has 118 valence electrons. The first kappa shape index (κ1) is 17.4. The Morgan fingerprint density at radius 2 is 2.05 bits per heavy atom. The maximum atomic E-state index is 13.3. The zero-order valence-corrected chi connectivity index (χ0v) is 13.0. The molecule has 0 radical (unpaired) electrons. The summed E-state index contributed by atoms with van der Waals surface area (Å²) in [5, 5.41) is 11.8. The Balaban J connectivity index is 2.80. The molecular formula is C15H25FN4O. The Morgan fingerprint density at radius 3 is 2.62 bits per heavy atom. The van der Waals surface area contributed by atoms with Crippen molar-refractivity contribution in [3.05, 3.63) is 35.1 Å². The molecule has 0 aliphatic heterocycles. The third-order valence-corrected chi connectivity index (χ3v) is 3.38. The van der Waals surface area contributed by atoms with Crippen molar-refractivity contribution in [2.24, 2.45) is 10.9 Å². The van der Waals surface area contributed by atoms with E-state index < -0.39 is 5.82 Å². The van der Waals surface area contributed by atoms with Gasteiger partial charge in [0.1, 0.15) is 5.82 Å². The number of nitrogens with zero attached hydrogens (tertiary/aromatic N) is 3. The van der Waals surface area contributed by atoms with Crippen LogP contribution < -0.4 is 5.73 Å². The monoisotopic (exact) mass is 296 g/mol. The lowest BCUT2D eigenvalue weighted by Gasteiger charge is -2.22. The van der Waals surface area contributed by atoms with Gasteiger partial charge >= 0.3 is 0 Å². The van der Waals surface area contributed by atoms with Gasteiger partial charge < -0.3 is 15.8 Å². The van der Waals surface area contributed by atoms with E-state index in [9.17, 15) is 4.39 Å². The Hall–Kier alpha value is -1.66. The molecular weight excluding hydrogens is 271 g/mol. The minimum Gasteiger partial charge on any atom is -0.409 e. The van der Waals surface area contributed by atoms with E-state index >= 15 is 0 Å². The molecule has 3 N–H and O–H groups in total. The summed E-state index contributed by atoms with van der Waals surface area (Å²) in [7, 11) is 4.10. The van der Waals surface area contributed by atoms with Crippen LogP contribution in [0.25, 0.3) is 0 Å². The number of benzene rings is 1. The van der Waals surface area contributed by atoms with Gasteiger partial charge in [0.25, 0.3) is 0 Å². The average molecular weight is 296 g/mol. The lowest BCUT2D eigenvalue weighted by atomic mass is 10.1. The molecule has 0 atom stereocenters. The van der Waals surface area contributed by atoms with Crippen LogP contribution in [0.2, 0.25) is 0 Å². The third-order valence-electron chi connectivity index (χ3n) is 3.38. The smallest absolute Gasteiger partial charge is 0.170 e.